The molecule has 1 heterocycles. The van der Waals surface area contributed by atoms with Gasteiger partial charge < -0.3 is 4.42 Å². The number of halogens is 1. The van der Waals surface area contributed by atoms with E-state index < -0.39 is 0 Å². The van der Waals surface area contributed by atoms with E-state index in [9.17, 15) is 4.79 Å². The number of rotatable bonds is 6. The van der Waals surface area contributed by atoms with Crippen molar-refractivity contribution in [3.8, 4) is 0 Å². The topological polar surface area (TPSA) is 54.6 Å². The van der Waals surface area contributed by atoms with E-state index in [0.29, 0.717) is 5.76 Å². The van der Waals surface area contributed by atoms with Gasteiger partial charge in [-0.05, 0) is 44.4 Å². The summed E-state index contributed by atoms with van der Waals surface area (Å²) in [6.07, 6.45) is 1.76. The molecule has 144 valence electrons. The minimum absolute atomic E-state index is 0.179. The number of nitrogens with one attached hydrogen (secondary N) is 1. The Morgan fingerprint density at radius 2 is 1.79 bits per heavy atom. The van der Waals surface area contributed by atoms with Gasteiger partial charge >= 0.3 is 0 Å². The van der Waals surface area contributed by atoms with Crippen LogP contribution in [0.4, 0.5) is 0 Å². The first-order chi connectivity index (χ1) is 14.2. The Balaban J connectivity index is 1.38. The fourth-order valence-electron chi connectivity index (χ4n) is 2.92. The third-order valence-corrected chi connectivity index (χ3v) is 6.09. The Morgan fingerprint density at radius 1 is 1.03 bits per heavy atom. The molecule has 0 saturated carbocycles. The zero-order valence-corrected chi connectivity index (χ0v) is 17.7. The lowest BCUT2D eigenvalue weighted by Crippen LogP contribution is -2.19. The van der Waals surface area contributed by atoms with E-state index in [1.54, 1.807) is 0 Å². The van der Waals surface area contributed by atoms with Gasteiger partial charge in [0.15, 0.2) is 5.09 Å². The Kier molecular flexibility index (Phi) is 6.12. The van der Waals surface area contributed by atoms with Crippen LogP contribution in [-0.2, 0) is 11.2 Å². The smallest absolute Gasteiger partial charge is 0.244 e. The molecule has 0 aliphatic heterocycles. The van der Waals surface area contributed by atoms with Gasteiger partial charge in [-0.15, -0.1) is 0 Å². The van der Waals surface area contributed by atoms with Gasteiger partial charge in [-0.2, -0.15) is 5.10 Å². The second-order valence-electron chi connectivity index (χ2n) is 6.31. The lowest BCUT2D eigenvalue weighted by Gasteiger charge is -2.05. The minimum atomic E-state index is -0.179. The van der Waals surface area contributed by atoms with Gasteiger partial charge in [-0.25, -0.2) is 5.43 Å². The highest BCUT2D eigenvalue weighted by molar-refractivity contribution is 9.10. The Bertz CT molecular complexity index is 1170. The second kappa shape index (κ2) is 9.11. The molecule has 1 N–H and O–H groups in total. The summed E-state index contributed by atoms with van der Waals surface area (Å²) in [6.45, 7) is 0. The number of fused-ring (bicyclic) bond motifs is 1. The molecule has 29 heavy (non-hydrogen) atoms. The maximum absolute atomic E-state index is 12.3. The Morgan fingerprint density at radius 3 is 2.66 bits per heavy atom. The zero-order chi connectivity index (χ0) is 20.1. The number of amides is 1. The van der Waals surface area contributed by atoms with Crippen LogP contribution >= 0.6 is 27.7 Å². The molecule has 1 aromatic heterocycles. The van der Waals surface area contributed by atoms with Gasteiger partial charge in [0.2, 0.25) is 5.91 Å². The maximum atomic E-state index is 12.3. The van der Waals surface area contributed by atoms with Gasteiger partial charge in [-0.1, -0.05) is 72.4 Å². The van der Waals surface area contributed by atoms with Crippen LogP contribution in [0.5, 0.6) is 0 Å². The zero-order valence-electron chi connectivity index (χ0n) is 15.3. The fraction of sp³-hybridized carbons (Fsp3) is 0.0435. The van der Waals surface area contributed by atoms with E-state index in [2.05, 4.69) is 26.5 Å². The van der Waals surface area contributed by atoms with Crippen LogP contribution in [0.3, 0.4) is 0 Å². The number of carbonyl (C=O) groups is 1. The Labute approximate surface area is 181 Å². The summed E-state index contributed by atoms with van der Waals surface area (Å²) >= 11 is 5.01. The first-order valence-corrected chi connectivity index (χ1v) is 10.6. The van der Waals surface area contributed by atoms with Crippen molar-refractivity contribution in [2.45, 2.75) is 16.4 Å². The SMILES string of the molecule is O=C(Cc1cccc2ccccc12)N/N=C\c1cc(Br)c(Sc2ccccc2)o1. The molecule has 4 nitrogen and oxygen atoms in total. The first-order valence-electron chi connectivity index (χ1n) is 9.00. The van der Waals surface area contributed by atoms with Crippen molar-refractivity contribution in [2.75, 3.05) is 0 Å². The highest BCUT2D eigenvalue weighted by atomic mass is 79.9. The van der Waals surface area contributed by atoms with E-state index in [1.807, 2.05) is 78.9 Å². The highest BCUT2D eigenvalue weighted by Gasteiger charge is 2.10. The number of hydrogen-bond acceptors (Lipinski definition) is 4. The van der Waals surface area contributed by atoms with Crippen LogP contribution in [-0.4, -0.2) is 12.1 Å². The third-order valence-electron chi connectivity index (χ3n) is 4.24. The van der Waals surface area contributed by atoms with Crippen LogP contribution in [0.15, 0.2) is 103 Å². The van der Waals surface area contributed by atoms with Crippen molar-refractivity contribution in [2.24, 2.45) is 5.10 Å². The molecule has 0 aliphatic rings. The Hall–Kier alpha value is -2.83. The molecule has 0 bridgehead atoms. The molecule has 4 aromatic rings. The molecule has 4 rings (SSSR count). The van der Waals surface area contributed by atoms with Crippen LogP contribution in [0.1, 0.15) is 11.3 Å². The monoisotopic (exact) mass is 464 g/mol. The normalized spacial score (nSPS) is 11.2. The fourth-order valence-corrected chi connectivity index (χ4v) is 4.28. The van der Waals surface area contributed by atoms with Crippen molar-refractivity contribution >= 4 is 50.6 Å². The van der Waals surface area contributed by atoms with E-state index >= 15 is 0 Å². The lowest BCUT2D eigenvalue weighted by atomic mass is 10.0. The third kappa shape index (κ3) is 4.96. The average Bonchev–Trinajstić information content (AvgIpc) is 3.08. The van der Waals surface area contributed by atoms with E-state index in [0.717, 1.165) is 30.8 Å². The van der Waals surface area contributed by atoms with Gasteiger partial charge in [0, 0.05) is 11.0 Å². The molecule has 3 aromatic carbocycles. The van der Waals surface area contributed by atoms with E-state index in [-0.39, 0.29) is 12.3 Å². The molecule has 1 amide bonds. The van der Waals surface area contributed by atoms with Crippen molar-refractivity contribution < 1.29 is 9.21 Å². The number of nitrogens with zero attached hydrogens (tertiary/aromatic N) is 1. The van der Waals surface area contributed by atoms with Gasteiger partial charge in [0.1, 0.15) is 5.76 Å². The molecule has 0 radical (unpaired) electrons. The van der Waals surface area contributed by atoms with Crippen LogP contribution in [0.2, 0.25) is 0 Å². The summed E-state index contributed by atoms with van der Waals surface area (Å²) in [5.41, 5.74) is 3.54. The minimum Gasteiger partial charge on any atom is -0.447 e. The maximum Gasteiger partial charge on any atom is 0.244 e. The molecule has 6 heteroatoms. The molecular formula is C23H17BrN2O2S. The first kappa shape index (κ1) is 19.5. The van der Waals surface area contributed by atoms with Gasteiger partial charge in [0.25, 0.3) is 0 Å². The summed E-state index contributed by atoms with van der Waals surface area (Å²) in [5.74, 6) is 0.378. The second-order valence-corrected chi connectivity index (χ2v) is 8.21. The predicted molar refractivity (Wildman–Crippen MR) is 120 cm³/mol. The van der Waals surface area contributed by atoms with E-state index in [4.69, 9.17) is 4.42 Å². The standard InChI is InChI=1S/C23H17BrN2O2S/c24-21-14-18(28-23(21)29-19-10-2-1-3-11-19)15-25-26-22(27)13-17-9-6-8-16-7-4-5-12-20(16)17/h1-12,14-15H,13H2,(H,26,27)/b25-15-. The van der Waals surface area contributed by atoms with Crippen LogP contribution in [0.25, 0.3) is 10.8 Å². The van der Waals surface area contributed by atoms with Gasteiger partial charge in [-0.3, -0.25) is 4.79 Å². The van der Waals surface area contributed by atoms with Crippen molar-refractivity contribution in [1.82, 2.24) is 5.43 Å². The summed E-state index contributed by atoms with van der Waals surface area (Å²) in [7, 11) is 0. The lowest BCUT2D eigenvalue weighted by molar-refractivity contribution is -0.120. The van der Waals surface area contributed by atoms with Crippen molar-refractivity contribution in [3.63, 3.8) is 0 Å². The summed E-state index contributed by atoms with van der Waals surface area (Å²) in [5, 5.41) is 6.96. The molecule has 0 aliphatic carbocycles. The van der Waals surface area contributed by atoms with Crippen LogP contribution < -0.4 is 5.43 Å². The highest BCUT2D eigenvalue weighted by Crippen LogP contribution is 2.35. The number of hydrogen-bond donors (Lipinski definition) is 1. The molecule has 0 atom stereocenters. The molecule has 0 saturated heterocycles. The summed E-state index contributed by atoms with van der Waals surface area (Å²) < 4.78 is 6.63. The molecule has 0 spiro atoms. The van der Waals surface area contributed by atoms with Crippen molar-refractivity contribution in [3.05, 3.63) is 94.7 Å². The predicted octanol–water partition coefficient (Wildman–Crippen LogP) is 6.04. The molecular weight excluding hydrogens is 448 g/mol. The summed E-state index contributed by atoms with van der Waals surface area (Å²) in [6, 6.07) is 25.8. The largest absolute Gasteiger partial charge is 0.447 e. The number of furan rings is 1. The quantitative estimate of drug-likeness (QED) is 0.279. The number of hydrazone groups is 1. The van der Waals surface area contributed by atoms with Crippen LogP contribution in [0, 0.1) is 0 Å². The summed E-state index contributed by atoms with van der Waals surface area (Å²) in [4.78, 5) is 13.4. The number of benzene rings is 3. The molecule has 0 fully saturated rings. The van der Waals surface area contributed by atoms with Gasteiger partial charge in [0.05, 0.1) is 17.1 Å². The molecule has 0 unspecified atom stereocenters. The average molecular weight is 465 g/mol. The van der Waals surface area contributed by atoms with E-state index in [1.165, 1.54) is 18.0 Å². The number of carbonyl (C=O) groups excluding carboxylic acids is 1. The van der Waals surface area contributed by atoms with Crippen molar-refractivity contribution in [1.29, 1.82) is 0 Å².